The molecule has 1 saturated heterocycles. The van der Waals surface area contributed by atoms with Gasteiger partial charge in [0.2, 0.25) is 0 Å². The smallest absolute Gasteiger partial charge is 0.159 e. The molecule has 0 spiro atoms. The normalized spacial score (nSPS) is 18.2. The highest BCUT2D eigenvalue weighted by Gasteiger charge is 2.16. The van der Waals surface area contributed by atoms with Gasteiger partial charge >= 0.3 is 0 Å². The lowest BCUT2D eigenvalue weighted by atomic mass is 10.1. The topological polar surface area (TPSA) is 44.8 Å². The molecule has 1 aliphatic heterocycles. The van der Waals surface area contributed by atoms with Crippen molar-refractivity contribution in [1.82, 2.24) is 0 Å². The summed E-state index contributed by atoms with van der Waals surface area (Å²) < 4.78 is 16.7. The summed E-state index contributed by atoms with van der Waals surface area (Å²) in [6.45, 7) is 6.88. The van der Waals surface area contributed by atoms with Crippen LogP contribution < -0.4 is 4.74 Å². The van der Waals surface area contributed by atoms with Gasteiger partial charge in [-0.25, -0.2) is 0 Å². The second-order valence-corrected chi connectivity index (χ2v) is 5.06. The van der Waals surface area contributed by atoms with Crippen molar-refractivity contribution in [1.29, 1.82) is 0 Å². The van der Waals surface area contributed by atoms with Crippen LogP contribution in [0.25, 0.3) is 0 Å². The number of ketones is 1. The van der Waals surface area contributed by atoms with Crippen molar-refractivity contribution in [3.8, 4) is 5.75 Å². The first kappa shape index (κ1) is 15.0. The summed E-state index contributed by atoms with van der Waals surface area (Å²) in [6.07, 6.45) is 1.06. The van der Waals surface area contributed by atoms with Gasteiger partial charge < -0.3 is 14.2 Å². The predicted octanol–water partition coefficient (Wildman–Crippen LogP) is 2.84. The van der Waals surface area contributed by atoms with Gasteiger partial charge in [-0.3, -0.25) is 4.79 Å². The van der Waals surface area contributed by atoms with Crippen LogP contribution in [0.4, 0.5) is 0 Å². The van der Waals surface area contributed by atoms with E-state index in [0.29, 0.717) is 31.3 Å². The monoisotopic (exact) mass is 278 g/mol. The minimum absolute atomic E-state index is 0.0542. The first-order valence-corrected chi connectivity index (χ1v) is 7.13. The molecule has 0 saturated carbocycles. The zero-order valence-corrected chi connectivity index (χ0v) is 12.2. The number of ether oxygens (including phenoxy) is 3. The molecule has 1 heterocycles. The zero-order valence-electron chi connectivity index (χ0n) is 12.2. The average molecular weight is 278 g/mol. The molecule has 110 valence electrons. The van der Waals surface area contributed by atoms with E-state index in [-0.39, 0.29) is 5.78 Å². The fraction of sp³-hybridized carbons (Fsp3) is 0.562. The van der Waals surface area contributed by atoms with Gasteiger partial charge in [0, 0.05) is 23.7 Å². The quantitative estimate of drug-likeness (QED) is 0.719. The SMILES string of the molecule is CCOc1ccc(C(C)=O)cc1COCC1CCOC1. The Kier molecular flexibility index (Phi) is 5.56. The molecular formula is C16H22O4. The van der Waals surface area contributed by atoms with Crippen molar-refractivity contribution in [2.45, 2.75) is 26.9 Å². The van der Waals surface area contributed by atoms with E-state index in [0.717, 1.165) is 30.9 Å². The predicted molar refractivity (Wildman–Crippen MR) is 76.2 cm³/mol. The van der Waals surface area contributed by atoms with E-state index in [1.165, 1.54) is 0 Å². The third kappa shape index (κ3) is 4.05. The van der Waals surface area contributed by atoms with Gasteiger partial charge in [0.05, 0.1) is 26.4 Å². The Labute approximate surface area is 120 Å². The molecule has 0 N–H and O–H groups in total. The van der Waals surface area contributed by atoms with Crippen LogP contribution in [-0.4, -0.2) is 32.2 Å². The zero-order chi connectivity index (χ0) is 14.4. The number of carbonyl (C=O) groups is 1. The van der Waals surface area contributed by atoms with Crippen molar-refractivity contribution < 1.29 is 19.0 Å². The molecule has 20 heavy (non-hydrogen) atoms. The molecule has 1 aliphatic rings. The van der Waals surface area contributed by atoms with Gasteiger partial charge in [-0.15, -0.1) is 0 Å². The van der Waals surface area contributed by atoms with Crippen LogP contribution >= 0.6 is 0 Å². The van der Waals surface area contributed by atoms with Gasteiger partial charge in [0.25, 0.3) is 0 Å². The second kappa shape index (κ2) is 7.41. The maximum atomic E-state index is 11.5. The van der Waals surface area contributed by atoms with E-state index in [1.807, 2.05) is 19.1 Å². The molecule has 0 radical (unpaired) electrons. The third-order valence-corrected chi connectivity index (χ3v) is 3.40. The summed E-state index contributed by atoms with van der Waals surface area (Å²) in [6, 6.07) is 5.50. The maximum Gasteiger partial charge on any atom is 0.159 e. The van der Waals surface area contributed by atoms with Crippen LogP contribution in [-0.2, 0) is 16.1 Å². The molecule has 1 fully saturated rings. The fourth-order valence-corrected chi connectivity index (χ4v) is 2.26. The number of carbonyl (C=O) groups excluding carboxylic acids is 1. The Hall–Kier alpha value is -1.39. The summed E-state index contributed by atoms with van der Waals surface area (Å²) in [4.78, 5) is 11.5. The highest BCUT2D eigenvalue weighted by molar-refractivity contribution is 5.94. The minimum Gasteiger partial charge on any atom is -0.494 e. The number of Topliss-reactive ketones (excluding diaryl/α,β-unsaturated/α-hetero) is 1. The van der Waals surface area contributed by atoms with Gasteiger partial charge in [-0.1, -0.05) is 0 Å². The Bertz CT molecular complexity index is 450. The Morgan fingerprint density at radius 1 is 1.45 bits per heavy atom. The van der Waals surface area contributed by atoms with Crippen molar-refractivity contribution >= 4 is 5.78 Å². The molecule has 1 unspecified atom stereocenters. The molecule has 2 rings (SSSR count). The van der Waals surface area contributed by atoms with E-state index >= 15 is 0 Å². The summed E-state index contributed by atoms with van der Waals surface area (Å²) >= 11 is 0. The van der Waals surface area contributed by atoms with E-state index in [1.54, 1.807) is 13.0 Å². The van der Waals surface area contributed by atoms with Gasteiger partial charge in [-0.05, 0) is 38.5 Å². The molecule has 4 heteroatoms. The number of hydrogen-bond acceptors (Lipinski definition) is 4. The highest BCUT2D eigenvalue weighted by atomic mass is 16.5. The van der Waals surface area contributed by atoms with E-state index in [2.05, 4.69) is 0 Å². The highest BCUT2D eigenvalue weighted by Crippen LogP contribution is 2.22. The molecule has 0 aliphatic carbocycles. The van der Waals surface area contributed by atoms with E-state index < -0.39 is 0 Å². The first-order valence-electron chi connectivity index (χ1n) is 7.13. The average Bonchev–Trinajstić information content (AvgIpc) is 2.93. The van der Waals surface area contributed by atoms with Crippen molar-refractivity contribution in [2.24, 2.45) is 5.92 Å². The Morgan fingerprint density at radius 3 is 2.95 bits per heavy atom. The molecule has 0 aromatic heterocycles. The van der Waals surface area contributed by atoms with Crippen molar-refractivity contribution in [2.75, 3.05) is 26.4 Å². The summed E-state index contributed by atoms with van der Waals surface area (Å²) in [5.41, 5.74) is 1.62. The number of rotatable bonds is 7. The Balaban J connectivity index is 1.98. The van der Waals surface area contributed by atoms with Crippen LogP contribution in [0.1, 0.15) is 36.2 Å². The molecule has 1 aromatic rings. The van der Waals surface area contributed by atoms with Crippen LogP contribution in [0, 0.1) is 5.92 Å². The second-order valence-electron chi connectivity index (χ2n) is 5.06. The largest absolute Gasteiger partial charge is 0.494 e. The van der Waals surface area contributed by atoms with E-state index in [9.17, 15) is 4.79 Å². The first-order chi connectivity index (χ1) is 9.70. The molecule has 1 aromatic carbocycles. The van der Waals surface area contributed by atoms with Crippen LogP contribution in [0.5, 0.6) is 5.75 Å². The molecule has 1 atom stereocenters. The van der Waals surface area contributed by atoms with Gasteiger partial charge in [0.1, 0.15) is 5.75 Å². The maximum absolute atomic E-state index is 11.5. The summed E-state index contributed by atoms with van der Waals surface area (Å²) in [5.74, 6) is 1.33. The molecular weight excluding hydrogens is 256 g/mol. The standard InChI is InChI=1S/C16H22O4/c1-3-20-16-5-4-14(12(2)17)8-15(16)11-19-10-13-6-7-18-9-13/h4-5,8,13H,3,6-7,9-11H2,1-2H3. The molecule has 4 nitrogen and oxygen atoms in total. The van der Waals surface area contributed by atoms with Crippen LogP contribution in [0.3, 0.4) is 0 Å². The lowest BCUT2D eigenvalue weighted by Crippen LogP contribution is -2.10. The summed E-state index contributed by atoms with van der Waals surface area (Å²) in [7, 11) is 0. The minimum atomic E-state index is 0.0542. The Morgan fingerprint density at radius 2 is 2.30 bits per heavy atom. The lowest BCUT2D eigenvalue weighted by molar-refractivity contribution is 0.0776. The van der Waals surface area contributed by atoms with E-state index in [4.69, 9.17) is 14.2 Å². The van der Waals surface area contributed by atoms with Crippen LogP contribution in [0.2, 0.25) is 0 Å². The van der Waals surface area contributed by atoms with Crippen molar-refractivity contribution in [3.05, 3.63) is 29.3 Å². The van der Waals surface area contributed by atoms with Crippen molar-refractivity contribution in [3.63, 3.8) is 0 Å². The lowest BCUT2D eigenvalue weighted by Gasteiger charge is -2.13. The van der Waals surface area contributed by atoms with Crippen LogP contribution in [0.15, 0.2) is 18.2 Å². The molecule has 0 bridgehead atoms. The fourth-order valence-electron chi connectivity index (χ4n) is 2.26. The number of hydrogen-bond donors (Lipinski definition) is 0. The summed E-state index contributed by atoms with van der Waals surface area (Å²) in [5, 5.41) is 0. The molecule has 0 amide bonds. The number of benzene rings is 1. The van der Waals surface area contributed by atoms with Gasteiger partial charge in [-0.2, -0.15) is 0 Å². The van der Waals surface area contributed by atoms with Gasteiger partial charge in [0.15, 0.2) is 5.78 Å². The third-order valence-electron chi connectivity index (χ3n) is 3.40.